The Morgan fingerprint density at radius 1 is 1.03 bits per heavy atom. The number of hydrogen-bond donors (Lipinski definition) is 2. The van der Waals surface area contributed by atoms with E-state index in [-0.39, 0.29) is 24.7 Å². The first kappa shape index (κ1) is 25.5. The van der Waals surface area contributed by atoms with E-state index in [1.165, 1.54) is 18.2 Å². The van der Waals surface area contributed by atoms with Crippen molar-refractivity contribution in [1.82, 2.24) is 9.80 Å². The Labute approximate surface area is 196 Å². The van der Waals surface area contributed by atoms with Crippen LogP contribution in [0.15, 0.2) is 54.6 Å². The summed E-state index contributed by atoms with van der Waals surface area (Å²) < 4.78 is 39.4. The summed E-state index contributed by atoms with van der Waals surface area (Å²) in [4.78, 5) is 30.5. The van der Waals surface area contributed by atoms with Crippen LogP contribution in [0.4, 0.5) is 24.5 Å². The number of aliphatic hydroxyl groups excluding tert-OH is 1. The molecule has 1 saturated heterocycles. The van der Waals surface area contributed by atoms with Gasteiger partial charge in [0.15, 0.2) is 0 Å². The Bertz CT molecular complexity index is 961. The van der Waals surface area contributed by atoms with Gasteiger partial charge in [0.05, 0.1) is 30.4 Å². The third kappa shape index (κ3) is 7.19. The Hall–Kier alpha value is -3.11. The molecule has 0 aliphatic carbocycles. The minimum atomic E-state index is -4.56. The summed E-state index contributed by atoms with van der Waals surface area (Å²) in [5.41, 5.74) is -0.321. The van der Waals surface area contributed by atoms with E-state index in [0.717, 1.165) is 11.8 Å². The van der Waals surface area contributed by atoms with Gasteiger partial charge in [0.2, 0.25) is 11.8 Å². The van der Waals surface area contributed by atoms with E-state index in [1.807, 2.05) is 35.2 Å². The molecule has 10 heteroatoms. The number of carbonyl (C=O) groups excluding carboxylic acids is 2. The molecule has 0 saturated carbocycles. The molecule has 1 aliphatic heterocycles. The smallest absolute Gasteiger partial charge is 0.392 e. The zero-order valence-electron chi connectivity index (χ0n) is 19.0. The van der Waals surface area contributed by atoms with Gasteiger partial charge < -0.3 is 20.2 Å². The number of aliphatic hydroxyl groups is 1. The molecule has 2 aromatic rings. The quantitative estimate of drug-likeness (QED) is 0.610. The second-order valence-electron chi connectivity index (χ2n) is 8.31. The number of piperazine rings is 1. The first-order valence-electron chi connectivity index (χ1n) is 11.1. The van der Waals surface area contributed by atoms with Crippen LogP contribution in [0.5, 0.6) is 0 Å². The number of carbonyl (C=O) groups is 2. The lowest BCUT2D eigenvalue weighted by molar-refractivity contribution is -0.137. The van der Waals surface area contributed by atoms with E-state index < -0.39 is 23.8 Å². The number of para-hydroxylation sites is 2. The number of anilines is 2. The van der Waals surface area contributed by atoms with Crippen LogP contribution >= 0.6 is 0 Å². The Morgan fingerprint density at radius 2 is 1.65 bits per heavy atom. The SMILES string of the molecule is CC(O)CN(CC(=O)N1CCN(CC(=O)Nc2ccccc2C(F)(F)F)CC1)c1ccccc1. The van der Waals surface area contributed by atoms with Crippen molar-refractivity contribution in [2.24, 2.45) is 0 Å². The fraction of sp³-hybridized carbons (Fsp3) is 0.417. The first-order chi connectivity index (χ1) is 16.1. The van der Waals surface area contributed by atoms with Crippen molar-refractivity contribution in [3.8, 4) is 0 Å². The zero-order valence-corrected chi connectivity index (χ0v) is 19.0. The Kier molecular flexibility index (Phi) is 8.51. The molecule has 0 aromatic heterocycles. The lowest BCUT2D eigenvalue weighted by atomic mass is 10.1. The van der Waals surface area contributed by atoms with Crippen LogP contribution in [0, 0.1) is 0 Å². The van der Waals surface area contributed by atoms with Gasteiger partial charge in [0, 0.05) is 38.4 Å². The van der Waals surface area contributed by atoms with Crippen molar-refractivity contribution in [3.05, 3.63) is 60.2 Å². The third-order valence-electron chi connectivity index (χ3n) is 5.53. The largest absolute Gasteiger partial charge is 0.418 e. The maximum Gasteiger partial charge on any atom is 0.418 e. The topological polar surface area (TPSA) is 76.1 Å². The van der Waals surface area contributed by atoms with Gasteiger partial charge in [-0.1, -0.05) is 30.3 Å². The van der Waals surface area contributed by atoms with Crippen LogP contribution in [-0.2, 0) is 15.8 Å². The van der Waals surface area contributed by atoms with E-state index in [9.17, 15) is 27.9 Å². The van der Waals surface area contributed by atoms with Gasteiger partial charge in [-0.15, -0.1) is 0 Å². The first-order valence-corrected chi connectivity index (χ1v) is 11.1. The summed E-state index contributed by atoms with van der Waals surface area (Å²) in [6.45, 7) is 3.71. The molecule has 0 radical (unpaired) electrons. The van der Waals surface area contributed by atoms with Gasteiger partial charge in [0.1, 0.15) is 0 Å². The van der Waals surface area contributed by atoms with Gasteiger partial charge in [-0.05, 0) is 31.2 Å². The van der Waals surface area contributed by atoms with E-state index in [4.69, 9.17) is 0 Å². The minimum Gasteiger partial charge on any atom is -0.392 e. The lowest BCUT2D eigenvalue weighted by Crippen LogP contribution is -2.53. The molecule has 34 heavy (non-hydrogen) atoms. The molecule has 1 aliphatic rings. The summed E-state index contributed by atoms with van der Waals surface area (Å²) in [5.74, 6) is -0.628. The zero-order chi connectivity index (χ0) is 24.7. The van der Waals surface area contributed by atoms with Crippen molar-refractivity contribution in [2.45, 2.75) is 19.2 Å². The monoisotopic (exact) mass is 478 g/mol. The van der Waals surface area contributed by atoms with Crippen LogP contribution in [0.3, 0.4) is 0 Å². The minimum absolute atomic E-state index is 0.0631. The average Bonchev–Trinajstić information content (AvgIpc) is 2.79. The highest BCUT2D eigenvalue weighted by atomic mass is 19.4. The van der Waals surface area contributed by atoms with Gasteiger partial charge in [-0.25, -0.2) is 0 Å². The normalized spacial score (nSPS) is 15.6. The van der Waals surface area contributed by atoms with Crippen LogP contribution in [0.2, 0.25) is 0 Å². The average molecular weight is 479 g/mol. The molecule has 7 nitrogen and oxygen atoms in total. The summed E-state index contributed by atoms with van der Waals surface area (Å²) in [5, 5.41) is 12.2. The Morgan fingerprint density at radius 3 is 2.26 bits per heavy atom. The number of hydrogen-bond acceptors (Lipinski definition) is 5. The number of alkyl halides is 3. The summed E-state index contributed by atoms with van der Waals surface area (Å²) in [7, 11) is 0. The molecule has 3 rings (SSSR count). The fourth-order valence-corrected chi connectivity index (χ4v) is 3.87. The standard InChI is InChI=1S/C24H29F3N4O3/c1-18(32)15-31(19-7-3-2-4-8-19)17-23(34)30-13-11-29(12-14-30)16-22(33)28-21-10-6-5-9-20(21)24(25,26)27/h2-10,18,32H,11-17H2,1H3,(H,28,33). The van der Waals surface area contributed by atoms with Crippen molar-refractivity contribution >= 4 is 23.2 Å². The van der Waals surface area contributed by atoms with E-state index in [0.29, 0.717) is 32.7 Å². The van der Waals surface area contributed by atoms with Gasteiger partial charge in [-0.2, -0.15) is 13.2 Å². The van der Waals surface area contributed by atoms with E-state index in [1.54, 1.807) is 16.7 Å². The number of benzene rings is 2. The molecule has 1 fully saturated rings. The second-order valence-corrected chi connectivity index (χ2v) is 8.31. The van der Waals surface area contributed by atoms with Crippen molar-refractivity contribution in [1.29, 1.82) is 0 Å². The van der Waals surface area contributed by atoms with Crippen LogP contribution in [0.1, 0.15) is 12.5 Å². The fourth-order valence-electron chi connectivity index (χ4n) is 3.87. The number of halogens is 3. The lowest BCUT2D eigenvalue weighted by Gasteiger charge is -2.36. The summed E-state index contributed by atoms with van der Waals surface area (Å²) in [6.07, 6.45) is -5.16. The molecule has 2 N–H and O–H groups in total. The molecular formula is C24H29F3N4O3. The predicted octanol–water partition coefficient (Wildman–Crippen LogP) is 2.68. The maximum absolute atomic E-state index is 13.1. The Balaban J connectivity index is 1.51. The second kappa shape index (κ2) is 11.3. The molecule has 2 aromatic carbocycles. The van der Waals surface area contributed by atoms with Crippen molar-refractivity contribution in [3.63, 3.8) is 0 Å². The molecule has 2 amide bonds. The van der Waals surface area contributed by atoms with E-state index in [2.05, 4.69) is 5.32 Å². The molecular weight excluding hydrogens is 449 g/mol. The number of amides is 2. The molecule has 1 atom stereocenters. The molecule has 1 heterocycles. The molecule has 0 bridgehead atoms. The van der Waals surface area contributed by atoms with E-state index >= 15 is 0 Å². The van der Waals surface area contributed by atoms with Crippen LogP contribution in [0.25, 0.3) is 0 Å². The van der Waals surface area contributed by atoms with Crippen LogP contribution < -0.4 is 10.2 Å². The molecule has 0 spiro atoms. The third-order valence-corrected chi connectivity index (χ3v) is 5.53. The van der Waals surface area contributed by atoms with Crippen molar-refractivity contribution in [2.75, 3.05) is 56.0 Å². The molecule has 184 valence electrons. The highest BCUT2D eigenvalue weighted by Crippen LogP contribution is 2.34. The highest BCUT2D eigenvalue weighted by molar-refractivity contribution is 5.93. The number of nitrogens with zero attached hydrogens (tertiary/aromatic N) is 3. The van der Waals surface area contributed by atoms with Gasteiger partial charge >= 0.3 is 6.18 Å². The summed E-state index contributed by atoms with van der Waals surface area (Å²) in [6, 6.07) is 14.2. The van der Waals surface area contributed by atoms with Gasteiger partial charge in [0.25, 0.3) is 0 Å². The number of rotatable bonds is 8. The maximum atomic E-state index is 13.1. The number of nitrogens with one attached hydrogen (secondary N) is 1. The summed E-state index contributed by atoms with van der Waals surface area (Å²) >= 11 is 0. The highest BCUT2D eigenvalue weighted by Gasteiger charge is 2.33. The van der Waals surface area contributed by atoms with Crippen LogP contribution in [-0.4, -0.2) is 78.6 Å². The van der Waals surface area contributed by atoms with Gasteiger partial charge in [-0.3, -0.25) is 14.5 Å². The van der Waals surface area contributed by atoms with Crippen molar-refractivity contribution < 1.29 is 27.9 Å². The molecule has 1 unspecified atom stereocenters. The predicted molar refractivity (Wildman–Crippen MR) is 123 cm³/mol.